The van der Waals surface area contributed by atoms with Gasteiger partial charge >= 0.3 is 0 Å². The molecular formula is C36H28N4S. The summed E-state index contributed by atoms with van der Waals surface area (Å²) in [5.41, 5.74) is 5.91. The molecule has 0 saturated heterocycles. The van der Waals surface area contributed by atoms with Gasteiger partial charge in [0.2, 0.25) is 0 Å². The maximum Gasteiger partial charge on any atom is 0.131 e. The Balaban J connectivity index is 1.24. The first kappa shape index (κ1) is 24.2. The topological polar surface area (TPSA) is 48.5 Å². The fourth-order valence-corrected chi connectivity index (χ4v) is 7.06. The highest BCUT2D eigenvalue weighted by molar-refractivity contribution is 8.00. The van der Waals surface area contributed by atoms with Crippen LogP contribution in [-0.2, 0) is 0 Å². The number of aliphatic imine (C=N–C) groups is 1. The summed E-state index contributed by atoms with van der Waals surface area (Å²) >= 11 is 1.89. The molecule has 0 spiro atoms. The smallest absolute Gasteiger partial charge is 0.131 e. The number of fused-ring (bicyclic) bond motifs is 5. The molecule has 5 heteroatoms. The largest absolute Gasteiger partial charge is 0.368 e. The molecule has 0 aliphatic carbocycles. The van der Waals surface area contributed by atoms with E-state index in [0.717, 1.165) is 17.0 Å². The summed E-state index contributed by atoms with van der Waals surface area (Å²) in [4.78, 5) is 6.47. The van der Waals surface area contributed by atoms with E-state index >= 15 is 0 Å². The molecule has 0 amide bonds. The number of anilines is 1. The maximum atomic E-state index is 5.18. The van der Waals surface area contributed by atoms with Gasteiger partial charge in [0.05, 0.1) is 5.69 Å². The van der Waals surface area contributed by atoms with E-state index in [1.54, 1.807) is 0 Å². The third-order valence-corrected chi connectivity index (χ3v) is 9.19. The summed E-state index contributed by atoms with van der Waals surface area (Å²) in [5, 5.41) is 16.4. The van der Waals surface area contributed by atoms with Crippen LogP contribution < -0.4 is 16.0 Å². The molecule has 3 atom stereocenters. The van der Waals surface area contributed by atoms with Crippen LogP contribution in [0.1, 0.15) is 40.0 Å². The lowest BCUT2D eigenvalue weighted by atomic mass is 9.97. The second-order valence-corrected chi connectivity index (χ2v) is 11.7. The minimum Gasteiger partial charge on any atom is -0.368 e. The molecule has 4 nitrogen and oxygen atoms in total. The number of rotatable bonds is 4. The van der Waals surface area contributed by atoms with Crippen LogP contribution in [0.4, 0.5) is 5.69 Å². The molecule has 6 aromatic carbocycles. The Kier molecular flexibility index (Phi) is 5.98. The zero-order chi connectivity index (χ0) is 27.2. The number of thioether (sulfide) groups is 1. The van der Waals surface area contributed by atoms with Gasteiger partial charge in [-0.3, -0.25) is 5.32 Å². The van der Waals surface area contributed by atoms with Crippen molar-refractivity contribution in [3.8, 4) is 0 Å². The fraction of sp³-hybridized carbons (Fsp3) is 0.0833. The second-order valence-electron chi connectivity index (χ2n) is 10.5. The first-order chi connectivity index (χ1) is 20.3. The van der Waals surface area contributed by atoms with Gasteiger partial charge in [-0.25, -0.2) is 4.99 Å². The van der Waals surface area contributed by atoms with Gasteiger partial charge in [-0.2, -0.15) is 0 Å². The molecule has 6 aromatic rings. The predicted molar refractivity (Wildman–Crippen MR) is 171 cm³/mol. The van der Waals surface area contributed by atoms with Crippen LogP contribution in [0.15, 0.2) is 143 Å². The van der Waals surface area contributed by atoms with E-state index in [4.69, 9.17) is 4.99 Å². The van der Waals surface area contributed by atoms with E-state index in [2.05, 4.69) is 143 Å². The molecular weight excluding hydrogens is 520 g/mol. The number of nitrogens with one attached hydrogen (secondary N) is 3. The molecule has 41 heavy (non-hydrogen) atoms. The molecule has 0 fully saturated rings. The van der Waals surface area contributed by atoms with Crippen molar-refractivity contribution in [2.24, 2.45) is 4.99 Å². The van der Waals surface area contributed by atoms with Crippen molar-refractivity contribution in [2.45, 2.75) is 22.6 Å². The van der Waals surface area contributed by atoms with Crippen molar-refractivity contribution in [3.63, 3.8) is 0 Å². The second kappa shape index (κ2) is 10.1. The van der Waals surface area contributed by atoms with E-state index in [-0.39, 0.29) is 17.7 Å². The average molecular weight is 549 g/mol. The molecule has 198 valence electrons. The molecule has 3 unspecified atom stereocenters. The molecule has 2 aliphatic heterocycles. The number of benzene rings is 6. The molecule has 0 aromatic heterocycles. The van der Waals surface area contributed by atoms with Gasteiger partial charge in [-0.15, -0.1) is 0 Å². The van der Waals surface area contributed by atoms with Crippen molar-refractivity contribution in [3.05, 3.63) is 156 Å². The number of amidine groups is 1. The minimum atomic E-state index is -0.201. The Labute approximate surface area is 243 Å². The van der Waals surface area contributed by atoms with Crippen molar-refractivity contribution in [2.75, 3.05) is 5.32 Å². The molecule has 0 saturated carbocycles. The molecule has 8 rings (SSSR count). The van der Waals surface area contributed by atoms with Crippen LogP contribution in [0.5, 0.6) is 0 Å². The Morgan fingerprint density at radius 3 is 2.02 bits per heavy atom. The van der Waals surface area contributed by atoms with Gasteiger partial charge in [0.15, 0.2) is 0 Å². The average Bonchev–Trinajstić information content (AvgIpc) is 3.50. The van der Waals surface area contributed by atoms with Gasteiger partial charge in [0.25, 0.3) is 0 Å². The van der Waals surface area contributed by atoms with Gasteiger partial charge in [-0.05, 0) is 45.0 Å². The highest BCUT2D eigenvalue weighted by Gasteiger charge is 2.27. The van der Waals surface area contributed by atoms with E-state index in [9.17, 15) is 0 Å². The summed E-state index contributed by atoms with van der Waals surface area (Å²) in [6.07, 6.45) is -0.265. The van der Waals surface area contributed by atoms with E-state index in [1.165, 1.54) is 43.3 Å². The lowest BCUT2D eigenvalue weighted by Crippen LogP contribution is -2.44. The third-order valence-electron chi connectivity index (χ3n) is 7.97. The minimum absolute atomic E-state index is 0.0638. The van der Waals surface area contributed by atoms with Crippen LogP contribution in [-0.4, -0.2) is 5.84 Å². The lowest BCUT2D eigenvalue weighted by molar-refractivity contribution is 0.409. The number of hydrogen-bond donors (Lipinski definition) is 3. The molecule has 3 N–H and O–H groups in total. The van der Waals surface area contributed by atoms with Gasteiger partial charge in [0.1, 0.15) is 23.5 Å². The monoisotopic (exact) mass is 548 g/mol. The van der Waals surface area contributed by atoms with Crippen LogP contribution in [0, 0.1) is 0 Å². The predicted octanol–water partition coefficient (Wildman–Crippen LogP) is 8.55. The Morgan fingerprint density at radius 2 is 1.24 bits per heavy atom. The lowest BCUT2D eigenvalue weighted by Gasteiger charge is -2.32. The Morgan fingerprint density at radius 1 is 0.585 bits per heavy atom. The highest BCUT2D eigenvalue weighted by atomic mass is 32.2. The maximum absolute atomic E-state index is 5.18. The van der Waals surface area contributed by atoms with Crippen LogP contribution in [0.2, 0.25) is 0 Å². The van der Waals surface area contributed by atoms with Crippen molar-refractivity contribution < 1.29 is 0 Å². The zero-order valence-electron chi connectivity index (χ0n) is 22.3. The highest BCUT2D eigenvalue weighted by Crippen LogP contribution is 2.50. The summed E-state index contributed by atoms with van der Waals surface area (Å²) in [6, 6.07) is 47.3. The van der Waals surface area contributed by atoms with Crippen molar-refractivity contribution >= 4 is 44.8 Å². The Bertz CT molecular complexity index is 1910. The van der Waals surface area contributed by atoms with Gasteiger partial charge < -0.3 is 10.6 Å². The molecule has 2 aliphatic rings. The Hall–Kier alpha value is -4.58. The van der Waals surface area contributed by atoms with E-state index in [0.29, 0.717) is 0 Å². The van der Waals surface area contributed by atoms with Gasteiger partial charge in [-0.1, -0.05) is 133 Å². The number of hydrogen-bond acceptors (Lipinski definition) is 5. The summed E-state index contributed by atoms with van der Waals surface area (Å²) in [6.45, 7) is 0. The van der Waals surface area contributed by atoms with Crippen LogP contribution in [0.3, 0.4) is 0 Å². The molecule has 0 bridgehead atoms. The molecule has 0 radical (unpaired) electrons. The first-order valence-electron chi connectivity index (χ1n) is 14.0. The normalized spacial score (nSPS) is 19.8. The zero-order valence-corrected chi connectivity index (χ0v) is 23.1. The van der Waals surface area contributed by atoms with Gasteiger partial charge in [0, 0.05) is 15.8 Å². The van der Waals surface area contributed by atoms with Crippen molar-refractivity contribution in [1.82, 2.24) is 10.6 Å². The SMILES string of the molecule is c1ccc(C2=NC(c3ccc4ccc5ccc6c(c5c4c3)NC(c3ccccc3)S6)NC(c3ccccc3)N2)cc1. The molecule has 2 heterocycles. The summed E-state index contributed by atoms with van der Waals surface area (Å²) < 4.78 is 0. The quantitative estimate of drug-likeness (QED) is 0.193. The van der Waals surface area contributed by atoms with E-state index in [1.807, 2.05) is 17.8 Å². The van der Waals surface area contributed by atoms with Crippen molar-refractivity contribution in [1.29, 1.82) is 0 Å². The van der Waals surface area contributed by atoms with Crippen LogP contribution >= 0.6 is 11.8 Å². The fourth-order valence-electron chi connectivity index (χ4n) is 5.91. The number of nitrogens with zero attached hydrogens (tertiary/aromatic N) is 1. The van der Waals surface area contributed by atoms with E-state index < -0.39 is 0 Å². The first-order valence-corrected chi connectivity index (χ1v) is 14.9. The summed E-state index contributed by atoms with van der Waals surface area (Å²) in [7, 11) is 0. The standard InChI is InChI=1S/C36H28N4S/c1-4-10-25(11-5-1)33-38-34(26-12-6-2-7-13-26)40-35(39-33)28-19-17-23-16-18-24-20-21-30-32(31(24)29(23)22-28)37-36(41-30)27-14-8-3-9-15-27/h1-22,33,35-37,39H,(H,38,40). The summed E-state index contributed by atoms with van der Waals surface area (Å²) in [5.74, 6) is 0.894. The third kappa shape index (κ3) is 4.44. The van der Waals surface area contributed by atoms with Crippen LogP contribution in [0.25, 0.3) is 21.5 Å².